The van der Waals surface area contributed by atoms with Crippen molar-refractivity contribution in [3.8, 4) is 5.75 Å². The summed E-state index contributed by atoms with van der Waals surface area (Å²) in [5.74, 6) is 0.315. The number of methoxy groups -OCH3 is 1. The molecule has 0 atom stereocenters. The molecule has 15 heavy (non-hydrogen) atoms. The van der Waals surface area contributed by atoms with Gasteiger partial charge in [-0.25, -0.2) is 0 Å². The first-order chi connectivity index (χ1) is 6.83. The molecule has 0 aliphatic carbocycles. The lowest BCUT2D eigenvalue weighted by atomic mass is 10.2. The fourth-order valence-electron chi connectivity index (χ4n) is 1.04. The number of anilines is 1. The van der Waals surface area contributed by atoms with E-state index < -0.39 is 9.24 Å². The molecule has 4 nitrogen and oxygen atoms in total. The van der Waals surface area contributed by atoms with Crippen LogP contribution >= 0.6 is 22.3 Å². The largest absolute Gasteiger partial charge is 0.495 e. The Kier molecular flexibility index (Phi) is 3.70. The van der Waals surface area contributed by atoms with Gasteiger partial charge in [0.15, 0.2) is 0 Å². The van der Waals surface area contributed by atoms with Gasteiger partial charge in [-0.1, -0.05) is 11.6 Å². The molecular formula is C8H9Cl2NO3S. The van der Waals surface area contributed by atoms with Gasteiger partial charge < -0.3 is 4.74 Å². The summed E-state index contributed by atoms with van der Waals surface area (Å²) in [7, 11) is 2.63. The Balaban J connectivity index is 3.22. The van der Waals surface area contributed by atoms with Crippen molar-refractivity contribution in [2.24, 2.45) is 0 Å². The monoisotopic (exact) mass is 269 g/mol. The minimum atomic E-state index is -3.84. The molecule has 0 aliphatic rings. The molecular weight excluding hydrogens is 261 g/mol. The van der Waals surface area contributed by atoms with Gasteiger partial charge in [-0.3, -0.25) is 4.72 Å². The Labute approximate surface area is 97.7 Å². The minimum Gasteiger partial charge on any atom is -0.495 e. The van der Waals surface area contributed by atoms with E-state index in [1.54, 1.807) is 13.0 Å². The van der Waals surface area contributed by atoms with Crippen LogP contribution in [0.15, 0.2) is 12.1 Å². The minimum absolute atomic E-state index is 0.259. The lowest BCUT2D eigenvalue weighted by molar-refractivity contribution is 0.417. The second kappa shape index (κ2) is 4.47. The molecule has 1 N–H and O–H groups in total. The van der Waals surface area contributed by atoms with Crippen LogP contribution in [0.4, 0.5) is 5.69 Å². The number of rotatable bonds is 3. The van der Waals surface area contributed by atoms with Gasteiger partial charge in [0.25, 0.3) is 0 Å². The van der Waals surface area contributed by atoms with E-state index in [0.29, 0.717) is 10.8 Å². The van der Waals surface area contributed by atoms with Gasteiger partial charge in [-0.15, -0.1) is 0 Å². The molecule has 1 rings (SSSR count). The summed E-state index contributed by atoms with van der Waals surface area (Å²) < 4.78 is 28.7. The summed E-state index contributed by atoms with van der Waals surface area (Å²) in [6.45, 7) is 1.74. The smallest absolute Gasteiger partial charge is 0.319 e. The van der Waals surface area contributed by atoms with Crippen molar-refractivity contribution < 1.29 is 13.2 Å². The topological polar surface area (TPSA) is 55.4 Å². The summed E-state index contributed by atoms with van der Waals surface area (Å²) in [4.78, 5) is 0. The maximum absolute atomic E-state index is 10.8. The quantitative estimate of drug-likeness (QED) is 0.859. The first-order valence-electron chi connectivity index (χ1n) is 3.90. The van der Waals surface area contributed by atoms with Crippen LogP contribution in [0.5, 0.6) is 5.75 Å². The molecule has 0 fully saturated rings. The summed E-state index contributed by atoms with van der Waals surface area (Å²) in [5.41, 5.74) is 0.981. The lowest BCUT2D eigenvalue weighted by Crippen LogP contribution is -2.06. The molecule has 0 radical (unpaired) electrons. The van der Waals surface area contributed by atoms with Crippen molar-refractivity contribution >= 4 is 37.2 Å². The van der Waals surface area contributed by atoms with Crippen LogP contribution in [-0.4, -0.2) is 15.5 Å². The molecule has 7 heteroatoms. The van der Waals surface area contributed by atoms with E-state index in [9.17, 15) is 8.42 Å². The first-order valence-corrected chi connectivity index (χ1v) is 6.59. The van der Waals surface area contributed by atoms with Crippen molar-refractivity contribution in [3.63, 3.8) is 0 Å². The highest BCUT2D eigenvalue weighted by atomic mass is 35.7. The van der Waals surface area contributed by atoms with E-state index in [2.05, 4.69) is 4.72 Å². The number of halogens is 2. The number of nitrogens with one attached hydrogen (secondary N) is 1. The van der Waals surface area contributed by atoms with Crippen LogP contribution in [-0.2, 0) is 9.24 Å². The van der Waals surface area contributed by atoms with E-state index in [0.717, 1.165) is 5.56 Å². The molecule has 1 aromatic carbocycles. The fourth-order valence-corrected chi connectivity index (χ4v) is 1.87. The van der Waals surface area contributed by atoms with Gasteiger partial charge in [-0.2, -0.15) is 8.42 Å². The molecule has 0 saturated heterocycles. The third-order valence-corrected chi connectivity index (χ3v) is 2.82. The highest BCUT2D eigenvalue weighted by Gasteiger charge is 2.11. The van der Waals surface area contributed by atoms with Gasteiger partial charge in [0, 0.05) is 21.8 Å². The standard InChI is InChI=1S/C8H9Cl2NO3S/c1-5-3-7(11-15(10,12)13)8(14-2)4-6(5)9/h3-4,11H,1-2H3. The van der Waals surface area contributed by atoms with E-state index >= 15 is 0 Å². The van der Waals surface area contributed by atoms with Gasteiger partial charge in [0.1, 0.15) is 5.75 Å². The zero-order chi connectivity index (χ0) is 11.6. The second-order valence-electron chi connectivity index (χ2n) is 2.84. The number of hydrogen-bond acceptors (Lipinski definition) is 3. The molecule has 0 heterocycles. The number of ether oxygens (including phenoxy) is 1. The normalized spacial score (nSPS) is 11.2. The van der Waals surface area contributed by atoms with Crippen LogP contribution in [0, 0.1) is 6.92 Å². The number of benzene rings is 1. The van der Waals surface area contributed by atoms with E-state index in [1.807, 2.05) is 0 Å². The number of hydrogen-bond donors (Lipinski definition) is 1. The zero-order valence-corrected chi connectivity index (χ0v) is 10.4. The SMILES string of the molecule is COc1cc(Cl)c(C)cc1NS(=O)(=O)Cl. The molecule has 0 amide bonds. The Morgan fingerprint density at radius 1 is 1.40 bits per heavy atom. The lowest BCUT2D eigenvalue weighted by Gasteiger charge is -2.10. The molecule has 0 aliphatic heterocycles. The predicted molar refractivity (Wildman–Crippen MR) is 61.1 cm³/mol. The average molecular weight is 270 g/mol. The van der Waals surface area contributed by atoms with Crippen LogP contribution in [0.2, 0.25) is 5.02 Å². The summed E-state index contributed by atoms with van der Waals surface area (Å²) >= 11 is 5.85. The maximum Gasteiger partial charge on any atom is 0.319 e. The third-order valence-electron chi connectivity index (χ3n) is 1.71. The van der Waals surface area contributed by atoms with Crippen molar-refractivity contribution in [2.45, 2.75) is 6.92 Å². The van der Waals surface area contributed by atoms with Gasteiger partial charge in [-0.05, 0) is 18.6 Å². The second-order valence-corrected chi connectivity index (χ2v) is 5.55. The Hall–Kier alpha value is -0.650. The van der Waals surface area contributed by atoms with Gasteiger partial charge in [0.2, 0.25) is 0 Å². The summed E-state index contributed by atoms with van der Waals surface area (Å²) in [5, 5.41) is 0.490. The summed E-state index contributed by atoms with van der Waals surface area (Å²) in [6, 6.07) is 3.06. The third kappa shape index (κ3) is 3.44. The average Bonchev–Trinajstić information content (AvgIpc) is 2.08. The molecule has 1 aromatic rings. The molecule has 84 valence electrons. The van der Waals surface area contributed by atoms with E-state index in [4.69, 9.17) is 27.0 Å². The first kappa shape index (κ1) is 12.4. The highest BCUT2D eigenvalue weighted by molar-refractivity contribution is 8.14. The van der Waals surface area contributed by atoms with Gasteiger partial charge >= 0.3 is 9.24 Å². The maximum atomic E-state index is 10.8. The van der Waals surface area contributed by atoms with Crippen LogP contribution in [0.1, 0.15) is 5.56 Å². The Bertz CT molecular complexity index is 473. The van der Waals surface area contributed by atoms with Crippen molar-refractivity contribution in [1.29, 1.82) is 0 Å². The molecule has 0 spiro atoms. The van der Waals surface area contributed by atoms with E-state index in [-0.39, 0.29) is 5.69 Å². The molecule has 0 unspecified atom stereocenters. The van der Waals surface area contributed by atoms with Crippen molar-refractivity contribution in [1.82, 2.24) is 0 Å². The van der Waals surface area contributed by atoms with Crippen LogP contribution < -0.4 is 9.46 Å². The molecule has 0 saturated carbocycles. The molecule has 0 aromatic heterocycles. The predicted octanol–water partition coefficient (Wildman–Crippen LogP) is 2.55. The Morgan fingerprint density at radius 3 is 2.47 bits per heavy atom. The Morgan fingerprint density at radius 2 is 2.00 bits per heavy atom. The van der Waals surface area contributed by atoms with Crippen LogP contribution in [0.3, 0.4) is 0 Å². The van der Waals surface area contributed by atoms with Crippen molar-refractivity contribution in [3.05, 3.63) is 22.7 Å². The van der Waals surface area contributed by atoms with Gasteiger partial charge in [0.05, 0.1) is 12.8 Å². The number of aryl methyl sites for hydroxylation is 1. The summed E-state index contributed by atoms with van der Waals surface area (Å²) in [6.07, 6.45) is 0. The van der Waals surface area contributed by atoms with Crippen LogP contribution in [0.25, 0.3) is 0 Å². The highest BCUT2D eigenvalue weighted by Crippen LogP contribution is 2.31. The van der Waals surface area contributed by atoms with Crippen molar-refractivity contribution in [2.75, 3.05) is 11.8 Å². The zero-order valence-electron chi connectivity index (χ0n) is 8.04. The van der Waals surface area contributed by atoms with E-state index in [1.165, 1.54) is 13.2 Å². The fraction of sp³-hybridized carbons (Fsp3) is 0.250. The molecule has 0 bridgehead atoms.